The maximum atomic E-state index is 12.4. The van der Waals surface area contributed by atoms with Crippen LogP contribution >= 0.6 is 24.0 Å². The summed E-state index contributed by atoms with van der Waals surface area (Å²) in [5.41, 5.74) is 7.44. The molecule has 0 spiro atoms. The molecule has 2 unspecified atom stereocenters. The molecule has 0 saturated heterocycles. The second kappa shape index (κ2) is 10.3. The molecule has 3 N–H and O–H groups in total. The van der Waals surface area contributed by atoms with Crippen molar-refractivity contribution in [1.82, 2.24) is 5.32 Å². The number of para-hydroxylation sites is 1. The predicted octanol–water partition coefficient (Wildman–Crippen LogP) is 4.10. The fourth-order valence-electron chi connectivity index (χ4n) is 2.53. The summed E-state index contributed by atoms with van der Waals surface area (Å²) in [7, 11) is 1.61. The number of methoxy groups -OCH3 is 1. The Morgan fingerprint density at radius 3 is 2.36 bits per heavy atom. The zero-order valence-electron chi connectivity index (χ0n) is 14.4. The molecule has 6 heteroatoms. The van der Waals surface area contributed by atoms with E-state index >= 15 is 0 Å². The van der Waals surface area contributed by atoms with Crippen molar-refractivity contribution in [2.75, 3.05) is 7.11 Å². The summed E-state index contributed by atoms with van der Waals surface area (Å²) in [6.45, 7) is 1.89. The number of carbonyl (C=O) groups is 1. The summed E-state index contributed by atoms with van der Waals surface area (Å²) in [5.74, 6) is 0.637. The minimum Gasteiger partial charge on any atom is -0.496 e. The molecule has 25 heavy (non-hydrogen) atoms. The van der Waals surface area contributed by atoms with Gasteiger partial charge in [0.05, 0.1) is 13.2 Å². The molecule has 0 fully saturated rings. The SMILES string of the molecule is COc1ccccc1C(NC(=O)CCC(C)N)c1ccccc1Cl.Cl. The van der Waals surface area contributed by atoms with Crippen molar-refractivity contribution >= 4 is 29.9 Å². The van der Waals surface area contributed by atoms with Gasteiger partial charge >= 0.3 is 0 Å². The second-order valence-corrected chi connectivity index (χ2v) is 6.19. The summed E-state index contributed by atoms with van der Waals surface area (Å²) in [4.78, 5) is 12.4. The average molecular weight is 383 g/mol. The van der Waals surface area contributed by atoms with Gasteiger partial charge in [0.1, 0.15) is 5.75 Å². The van der Waals surface area contributed by atoms with E-state index in [0.29, 0.717) is 23.6 Å². The third-order valence-corrected chi connectivity index (χ3v) is 4.14. The van der Waals surface area contributed by atoms with Crippen molar-refractivity contribution < 1.29 is 9.53 Å². The maximum absolute atomic E-state index is 12.4. The molecule has 0 aliphatic heterocycles. The predicted molar refractivity (Wildman–Crippen MR) is 105 cm³/mol. The van der Waals surface area contributed by atoms with E-state index < -0.39 is 0 Å². The smallest absolute Gasteiger partial charge is 0.220 e. The monoisotopic (exact) mass is 382 g/mol. The Balaban J connectivity index is 0.00000312. The highest BCUT2D eigenvalue weighted by Gasteiger charge is 2.22. The third kappa shape index (κ3) is 5.92. The van der Waals surface area contributed by atoms with Crippen LogP contribution in [-0.2, 0) is 4.79 Å². The van der Waals surface area contributed by atoms with Crippen molar-refractivity contribution in [1.29, 1.82) is 0 Å². The maximum Gasteiger partial charge on any atom is 0.220 e. The van der Waals surface area contributed by atoms with Crippen LogP contribution in [0.5, 0.6) is 5.75 Å². The first-order chi connectivity index (χ1) is 11.5. The number of carbonyl (C=O) groups excluding carboxylic acids is 1. The van der Waals surface area contributed by atoms with E-state index in [4.69, 9.17) is 22.1 Å². The molecular formula is C19H24Cl2N2O2. The minimum atomic E-state index is -0.379. The number of nitrogens with two attached hydrogens (primary N) is 1. The number of halogens is 2. The number of nitrogens with one attached hydrogen (secondary N) is 1. The normalized spacial score (nSPS) is 12.6. The zero-order chi connectivity index (χ0) is 17.5. The summed E-state index contributed by atoms with van der Waals surface area (Å²) < 4.78 is 5.45. The fraction of sp³-hybridized carbons (Fsp3) is 0.316. The van der Waals surface area contributed by atoms with E-state index in [1.165, 1.54) is 0 Å². The molecule has 0 radical (unpaired) electrons. The van der Waals surface area contributed by atoms with Gasteiger partial charge in [-0.1, -0.05) is 48.0 Å². The van der Waals surface area contributed by atoms with Crippen LogP contribution in [0.2, 0.25) is 5.02 Å². The Bertz CT molecular complexity index is 693. The van der Waals surface area contributed by atoms with E-state index in [9.17, 15) is 4.79 Å². The Morgan fingerprint density at radius 1 is 1.16 bits per heavy atom. The Labute approximate surface area is 160 Å². The van der Waals surface area contributed by atoms with Gasteiger partial charge in [0, 0.05) is 23.0 Å². The topological polar surface area (TPSA) is 64.3 Å². The van der Waals surface area contributed by atoms with Gasteiger partial charge in [-0.15, -0.1) is 12.4 Å². The molecule has 1 amide bonds. The van der Waals surface area contributed by atoms with Crippen molar-refractivity contribution in [3.05, 3.63) is 64.7 Å². The highest BCUT2D eigenvalue weighted by Crippen LogP contribution is 2.33. The van der Waals surface area contributed by atoms with Crippen LogP contribution in [0, 0.1) is 0 Å². The molecule has 2 aromatic carbocycles. The van der Waals surface area contributed by atoms with Gasteiger partial charge in [-0.05, 0) is 31.0 Å². The first-order valence-corrected chi connectivity index (χ1v) is 8.33. The number of hydrogen-bond acceptors (Lipinski definition) is 3. The summed E-state index contributed by atoms with van der Waals surface area (Å²) >= 11 is 6.36. The molecule has 0 bridgehead atoms. The molecule has 2 rings (SSSR count). The molecule has 2 atom stereocenters. The summed E-state index contributed by atoms with van der Waals surface area (Å²) in [6.07, 6.45) is 1.00. The number of ether oxygens (including phenoxy) is 1. The van der Waals surface area contributed by atoms with Gasteiger partial charge in [0.15, 0.2) is 0 Å². The van der Waals surface area contributed by atoms with Gasteiger partial charge in [-0.25, -0.2) is 0 Å². The van der Waals surface area contributed by atoms with Gasteiger partial charge in [0.2, 0.25) is 5.91 Å². The molecule has 136 valence electrons. The van der Waals surface area contributed by atoms with Crippen LogP contribution < -0.4 is 15.8 Å². The van der Waals surface area contributed by atoms with Crippen molar-refractivity contribution in [3.63, 3.8) is 0 Å². The number of amides is 1. The van der Waals surface area contributed by atoms with E-state index in [0.717, 1.165) is 11.1 Å². The van der Waals surface area contributed by atoms with Crippen LogP contribution in [0.1, 0.15) is 36.9 Å². The minimum absolute atomic E-state index is 0. The Kier molecular flexibility index (Phi) is 8.76. The van der Waals surface area contributed by atoms with Gasteiger partial charge in [-0.2, -0.15) is 0 Å². The van der Waals surface area contributed by atoms with Crippen LogP contribution in [0.3, 0.4) is 0 Å². The lowest BCUT2D eigenvalue weighted by atomic mass is 9.97. The Hall–Kier alpha value is -1.75. The first kappa shape index (κ1) is 21.3. The lowest BCUT2D eigenvalue weighted by Gasteiger charge is -2.23. The lowest BCUT2D eigenvalue weighted by Crippen LogP contribution is -2.31. The highest BCUT2D eigenvalue weighted by molar-refractivity contribution is 6.31. The number of hydrogen-bond donors (Lipinski definition) is 2. The van der Waals surface area contributed by atoms with Crippen LogP contribution in [0.25, 0.3) is 0 Å². The zero-order valence-corrected chi connectivity index (χ0v) is 15.9. The average Bonchev–Trinajstić information content (AvgIpc) is 2.58. The second-order valence-electron chi connectivity index (χ2n) is 5.78. The molecular weight excluding hydrogens is 359 g/mol. The molecule has 2 aromatic rings. The molecule has 0 aliphatic rings. The highest BCUT2D eigenvalue weighted by atomic mass is 35.5. The molecule has 0 aromatic heterocycles. The van der Waals surface area contributed by atoms with E-state index in [1.54, 1.807) is 7.11 Å². The first-order valence-electron chi connectivity index (χ1n) is 7.95. The molecule has 0 aliphatic carbocycles. The molecule has 4 nitrogen and oxygen atoms in total. The standard InChI is InChI=1S/C19H23ClN2O2.ClH/c1-13(21)11-12-18(23)22-19(14-7-3-5-9-16(14)20)15-8-4-6-10-17(15)24-2;/h3-10,13,19H,11-12,21H2,1-2H3,(H,22,23);1H. The van der Waals surface area contributed by atoms with Gasteiger partial charge in [0.25, 0.3) is 0 Å². The van der Waals surface area contributed by atoms with Crippen molar-refractivity contribution in [2.45, 2.75) is 31.8 Å². The third-order valence-electron chi connectivity index (χ3n) is 3.80. The van der Waals surface area contributed by atoms with Gasteiger partial charge < -0.3 is 15.8 Å². The van der Waals surface area contributed by atoms with Crippen LogP contribution in [0.4, 0.5) is 0 Å². The summed E-state index contributed by atoms with van der Waals surface area (Å²) in [5, 5.41) is 3.66. The van der Waals surface area contributed by atoms with Gasteiger partial charge in [-0.3, -0.25) is 4.79 Å². The summed E-state index contributed by atoms with van der Waals surface area (Å²) in [6, 6.07) is 14.7. The quantitative estimate of drug-likeness (QED) is 0.757. The van der Waals surface area contributed by atoms with Crippen molar-refractivity contribution in [3.8, 4) is 5.75 Å². The largest absolute Gasteiger partial charge is 0.496 e. The van der Waals surface area contributed by atoms with Crippen LogP contribution in [0.15, 0.2) is 48.5 Å². The van der Waals surface area contributed by atoms with Crippen molar-refractivity contribution in [2.24, 2.45) is 5.73 Å². The molecule has 0 heterocycles. The van der Waals surface area contributed by atoms with E-state index in [-0.39, 0.29) is 30.4 Å². The Morgan fingerprint density at radius 2 is 1.76 bits per heavy atom. The van der Waals surface area contributed by atoms with Crippen LogP contribution in [-0.4, -0.2) is 19.1 Å². The molecule has 0 saturated carbocycles. The van der Waals surface area contributed by atoms with E-state index in [1.807, 2.05) is 55.5 Å². The van der Waals surface area contributed by atoms with E-state index in [2.05, 4.69) is 5.32 Å². The fourth-order valence-corrected chi connectivity index (χ4v) is 2.77. The lowest BCUT2D eigenvalue weighted by molar-refractivity contribution is -0.121. The number of benzene rings is 2. The number of rotatable bonds is 7.